The summed E-state index contributed by atoms with van der Waals surface area (Å²) in [5, 5.41) is 4.34. The molecule has 2 N–H and O–H groups in total. The largest absolute Gasteiger partial charge is 0.327 e. The SMILES string of the molecule is Cn1ccc(CC(N)Cc2ccccc2Br)n1. The summed E-state index contributed by atoms with van der Waals surface area (Å²) < 4.78 is 2.93. The van der Waals surface area contributed by atoms with Gasteiger partial charge in [0.25, 0.3) is 0 Å². The molecule has 1 aromatic heterocycles. The van der Waals surface area contributed by atoms with E-state index in [9.17, 15) is 0 Å². The van der Waals surface area contributed by atoms with Crippen LogP contribution in [0.3, 0.4) is 0 Å². The van der Waals surface area contributed by atoms with Gasteiger partial charge in [-0.1, -0.05) is 34.1 Å². The molecule has 0 aliphatic rings. The Labute approximate surface area is 110 Å². The molecule has 0 aliphatic carbocycles. The summed E-state index contributed by atoms with van der Waals surface area (Å²) in [6, 6.07) is 10.3. The molecule has 3 nitrogen and oxygen atoms in total. The summed E-state index contributed by atoms with van der Waals surface area (Å²) in [7, 11) is 1.92. The summed E-state index contributed by atoms with van der Waals surface area (Å²) in [5.74, 6) is 0. The van der Waals surface area contributed by atoms with E-state index in [4.69, 9.17) is 5.73 Å². The van der Waals surface area contributed by atoms with Crippen molar-refractivity contribution < 1.29 is 0 Å². The minimum absolute atomic E-state index is 0.101. The molecular weight excluding hydrogens is 278 g/mol. The Morgan fingerprint density at radius 2 is 2.06 bits per heavy atom. The van der Waals surface area contributed by atoms with Gasteiger partial charge >= 0.3 is 0 Å². The van der Waals surface area contributed by atoms with Crippen molar-refractivity contribution in [1.82, 2.24) is 9.78 Å². The third-order valence-electron chi connectivity index (χ3n) is 2.68. The van der Waals surface area contributed by atoms with Gasteiger partial charge in [-0.2, -0.15) is 5.10 Å². The predicted molar refractivity (Wildman–Crippen MR) is 72.7 cm³/mol. The average molecular weight is 294 g/mol. The molecule has 0 spiro atoms. The maximum absolute atomic E-state index is 6.15. The second-order valence-electron chi connectivity index (χ2n) is 4.24. The quantitative estimate of drug-likeness (QED) is 0.940. The zero-order valence-corrected chi connectivity index (χ0v) is 11.4. The molecule has 0 amide bonds. The number of hydrogen-bond donors (Lipinski definition) is 1. The highest BCUT2D eigenvalue weighted by atomic mass is 79.9. The number of halogens is 1. The Kier molecular flexibility index (Phi) is 3.97. The van der Waals surface area contributed by atoms with E-state index in [1.807, 2.05) is 37.5 Å². The first-order valence-corrected chi connectivity index (χ1v) is 6.42. The van der Waals surface area contributed by atoms with E-state index in [2.05, 4.69) is 27.1 Å². The van der Waals surface area contributed by atoms with Gasteiger partial charge in [0.2, 0.25) is 0 Å². The summed E-state index contributed by atoms with van der Waals surface area (Å²) in [5.41, 5.74) is 8.44. The monoisotopic (exact) mass is 293 g/mol. The van der Waals surface area contributed by atoms with E-state index in [-0.39, 0.29) is 6.04 Å². The summed E-state index contributed by atoms with van der Waals surface area (Å²) in [4.78, 5) is 0. The van der Waals surface area contributed by atoms with Gasteiger partial charge in [-0.25, -0.2) is 0 Å². The molecule has 1 atom stereocenters. The highest BCUT2D eigenvalue weighted by Crippen LogP contribution is 2.17. The lowest BCUT2D eigenvalue weighted by atomic mass is 10.0. The van der Waals surface area contributed by atoms with Gasteiger partial charge < -0.3 is 5.73 Å². The van der Waals surface area contributed by atoms with E-state index < -0.39 is 0 Å². The van der Waals surface area contributed by atoms with Crippen molar-refractivity contribution in [2.75, 3.05) is 0 Å². The van der Waals surface area contributed by atoms with Crippen LogP contribution in [0.1, 0.15) is 11.3 Å². The zero-order valence-electron chi connectivity index (χ0n) is 9.81. The van der Waals surface area contributed by atoms with E-state index in [0.717, 1.165) is 23.0 Å². The third kappa shape index (κ3) is 3.41. The number of rotatable bonds is 4. The lowest BCUT2D eigenvalue weighted by molar-refractivity contribution is 0.637. The normalized spacial score (nSPS) is 12.6. The van der Waals surface area contributed by atoms with Crippen molar-refractivity contribution in [1.29, 1.82) is 0 Å². The topological polar surface area (TPSA) is 43.8 Å². The van der Waals surface area contributed by atoms with Crippen molar-refractivity contribution in [2.45, 2.75) is 18.9 Å². The maximum atomic E-state index is 6.15. The number of nitrogens with two attached hydrogens (primary N) is 1. The van der Waals surface area contributed by atoms with Crippen molar-refractivity contribution >= 4 is 15.9 Å². The van der Waals surface area contributed by atoms with E-state index in [0.29, 0.717) is 0 Å². The van der Waals surface area contributed by atoms with Gasteiger partial charge in [-0.05, 0) is 24.1 Å². The van der Waals surface area contributed by atoms with Crippen molar-refractivity contribution in [2.24, 2.45) is 12.8 Å². The Balaban J connectivity index is 1.98. The van der Waals surface area contributed by atoms with Gasteiger partial charge in [0, 0.05) is 30.2 Å². The van der Waals surface area contributed by atoms with Gasteiger partial charge in [-0.3, -0.25) is 4.68 Å². The number of benzene rings is 1. The first kappa shape index (κ1) is 12.3. The maximum Gasteiger partial charge on any atom is 0.0640 e. The molecule has 0 saturated carbocycles. The summed E-state index contributed by atoms with van der Waals surface area (Å²) in [6.07, 6.45) is 3.61. The third-order valence-corrected chi connectivity index (χ3v) is 3.45. The fourth-order valence-electron chi connectivity index (χ4n) is 1.86. The van der Waals surface area contributed by atoms with Gasteiger partial charge in [0.05, 0.1) is 5.69 Å². The molecule has 1 heterocycles. The minimum Gasteiger partial charge on any atom is -0.327 e. The lowest BCUT2D eigenvalue weighted by Gasteiger charge is -2.11. The first-order chi connectivity index (χ1) is 8.15. The van der Waals surface area contributed by atoms with Crippen LogP contribution in [0.4, 0.5) is 0 Å². The molecule has 1 aromatic carbocycles. The Bertz CT molecular complexity index is 493. The summed E-state index contributed by atoms with van der Waals surface area (Å²) >= 11 is 3.54. The molecule has 0 fully saturated rings. The zero-order chi connectivity index (χ0) is 12.3. The molecular formula is C13H16BrN3. The van der Waals surface area contributed by atoms with Crippen LogP contribution in [0, 0.1) is 0 Å². The first-order valence-electron chi connectivity index (χ1n) is 5.62. The standard InChI is InChI=1S/C13H16BrN3/c1-17-7-6-12(16-17)9-11(15)8-10-4-2-3-5-13(10)14/h2-7,11H,8-9,15H2,1H3. The molecule has 90 valence electrons. The van der Waals surface area contributed by atoms with Crippen LogP contribution >= 0.6 is 15.9 Å². The molecule has 17 heavy (non-hydrogen) atoms. The predicted octanol–water partition coefficient (Wildman–Crippen LogP) is 2.30. The molecule has 1 unspecified atom stereocenters. The molecule has 0 saturated heterocycles. The highest BCUT2D eigenvalue weighted by molar-refractivity contribution is 9.10. The van der Waals surface area contributed by atoms with Crippen molar-refractivity contribution in [3.05, 3.63) is 52.3 Å². The van der Waals surface area contributed by atoms with Crippen LogP contribution in [-0.2, 0) is 19.9 Å². The van der Waals surface area contributed by atoms with Crippen LogP contribution in [0.25, 0.3) is 0 Å². The minimum atomic E-state index is 0.101. The Hall–Kier alpha value is -1.13. The summed E-state index contributed by atoms with van der Waals surface area (Å²) in [6.45, 7) is 0. The van der Waals surface area contributed by atoms with Crippen LogP contribution in [0.15, 0.2) is 41.0 Å². The van der Waals surface area contributed by atoms with Crippen molar-refractivity contribution in [3.63, 3.8) is 0 Å². The van der Waals surface area contributed by atoms with Crippen LogP contribution in [-0.4, -0.2) is 15.8 Å². The van der Waals surface area contributed by atoms with E-state index >= 15 is 0 Å². The Morgan fingerprint density at radius 1 is 1.29 bits per heavy atom. The van der Waals surface area contributed by atoms with E-state index in [1.165, 1.54) is 5.56 Å². The molecule has 0 bridgehead atoms. The molecule has 0 radical (unpaired) electrons. The number of nitrogens with zero attached hydrogens (tertiary/aromatic N) is 2. The Morgan fingerprint density at radius 3 is 2.71 bits per heavy atom. The van der Waals surface area contributed by atoms with Gasteiger partial charge in [0.15, 0.2) is 0 Å². The molecule has 0 aliphatic heterocycles. The number of aromatic nitrogens is 2. The smallest absolute Gasteiger partial charge is 0.0640 e. The fraction of sp³-hybridized carbons (Fsp3) is 0.308. The second-order valence-corrected chi connectivity index (χ2v) is 5.09. The molecule has 2 aromatic rings. The fourth-order valence-corrected chi connectivity index (χ4v) is 2.31. The van der Waals surface area contributed by atoms with Gasteiger partial charge in [-0.15, -0.1) is 0 Å². The molecule has 2 rings (SSSR count). The number of aryl methyl sites for hydroxylation is 1. The number of hydrogen-bond acceptors (Lipinski definition) is 2. The van der Waals surface area contributed by atoms with E-state index in [1.54, 1.807) is 4.68 Å². The highest BCUT2D eigenvalue weighted by Gasteiger charge is 2.09. The van der Waals surface area contributed by atoms with Crippen LogP contribution in [0.2, 0.25) is 0 Å². The molecule has 4 heteroatoms. The van der Waals surface area contributed by atoms with Crippen LogP contribution < -0.4 is 5.73 Å². The second kappa shape index (κ2) is 5.47. The average Bonchev–Trinajstić information content (AvgIpc) is 2.67. The lowest BCUT2D eigenvalue weighted by Crippen LogP contribution is -2.26. The van der Waals surface area contributed by atoms with Crippen LogP contribution in [0.5, 0.6) is 0 Å². The van der Waals surface area contributed by atoms with Gasteiger partial charge in [0.1, 0.15) is 0 Å². The van der Waals surface area contributed by atoms with Crippen molar-refractivity contribution in [3.8, 4) is 0 Å².